The van der Waals surface area contributed by atoms with Crippen molar-refractivity contribution in [3.8, 4) is 11.5 Å². The quantitative estimate of drug-likeness (QED) is 0.227. The van der Waals surface area contributed by atoms with Gasteiger partial charge in [-0.05, 0) is 58.9 Å². The highest BCUT2D eigenvalue weighted by atomic mass is 32.1. The molecule has 4 aromatic rings. The van der Waals surface area contributed by atoms with Crippen LogP contribution < -0.4 is 26.3 Å². The number of ether oxygens (including phenoxy) is 2. The maximum absolute atomic E-state index is 14.1. The van der Waals surface area contributed by atoms with Gasteiger partial charge in [-0.3, -0.25) is 14.4 Å². The first-order valence-corrected chi connectivity index (χ1v) is 13.6. The Labute approximate surface area is 246 Å². The molecule has 5 N–H and O–H groups in total. The van der Waals surface area contributed by atoms with Crippen LogP contribution in [0.15, 0.2) is 72.8 Å². The fourth-order valence-corrected chi connectivity index (χ4v) is 5.15. The van der Waals surface area contributed by atoms with Crippen molar-refractivity contribution in [2.24, 2.45) is 5.73 Å². The number of nitrogens with two attached hydrogens (primary N) is 2. The van der Waals surface area contributed by atoms with Crippen molar-refractivity contribution in [1.29, 1.82) is 0 Å². The zero-order valence-electron chi connectivity index (χ0n) is 23.0. The number of carbonyl (C=O) groups is 3. The number of rotatable bonds is 12. The number of aromatic nitrogens is 1. The number of carbonyl (C=O) groups excluding carboxylic acids is 3. The van der Waals surface area contributed by atoms with Crippen LogP contribution in [0.1, 0.15) is 42.9 Å². The Morgan fingerprint density at radius 3 is 2.29 bits per heavy atom. The highest BCUT2D eigenvalue weighted by molar-refractivity contribution is 7.09. The lowest BCUT2D eigenvalue weighted by Crippen LogP contribution is -2.44. The Balaban J connectivity index is 1.74. The molecule has 1 atom stereocenters. The molecule has 0 saturated heterocycles. The van der Waals surface area contributed by atoms with Gasteiger partial charge in [-0.2, -0.15) is 4.37 Å². The van der Waals surface area contributed by atoms with Crippen LogP contribution in [0.2, 0.25) is 0 Å². The molecule has 0 unspecified atom stereocenters. The Morgan fingerprint density at radius 1 is 0.976 bits per heavy atom. The van der Waals surface area contributed by atoms with Crippen molar-refractivity contribution in [3.63, 3.8) is 0 Å². The first-order chi connectivity index (χ1) is 20.2. The zero-order valence-corrected chi connectivity index (χ0v) is 23.8. The van der Waals surface area contributed by atoms with Gasteiger partial charge in [-0.25, -0.2) is 4.39 Å². The second-order valence-electron chi connectivity index (χ2n) is 9.23. The van der Waals surface area contributed by atoms with Crippen molar-refractivity contribution in [2.75, 3.05) is 26.5 Å². The number of benzene rings is 3. The fraction of sp³-hybridized carbons (Fsp3) is 0.200. The van der Waals surface area contributed by atoms with Crippen LogP contribution in [-0.2, 0) is 17.8 Å². The van der Waals surface area contributed by atoms with E-state index in [0.29, 0.717) is 35.0 Å². The molecule has 1 aromatic heterocycles. The van der Waals surface area contributed by atoms with Gasteiger partial charge in [0.15, 0.2) is 17.2 Å². The van der Waals surface area contributed by atoms with Crippen molar-refractivity contribution >= 4 is 34.9 Å². The Morgan fingerprint density at radius 2 is 1.67 bits per heavy atom. The summed E-state index contributed by atoms with van der Waals surface area (Å²) in [6.07, 6.45) is 0.303. The predicted molar refractivity (Wildman–Crippen MR) is 157 cm³/mol. The number of halogens is 1. The first-order valence-electron chi connectivity index (χ1n) is 12.9. The molecular weight excluding hydrogens is 561 g/mol. The summed E-state index contributed by atoms with van der Waals surface area (Å²) in [6, 6.07) is 18.8. The average molecular weight is 592 g/mol. The highest BCUT2D eigenvalue weighted by Gasteiger charge is 2.34. The normalized spacial score (nSPS) is 11.4. The van der Waals surface area contributed by atoms with Gasteiger partial charge in [0.25, 0.3) is 11.8 Å². The summed E-state index contributed by atoms with van der Waals surface area (Å²) in [5.74, 6) is -1.47. The minimum Gasteiger partial charge on any atom is -0.493 e. The van der Waals surface area contributed by atoms with Crippen molar-refractivity contribution in [1.82, 2.24) is 14.6 Å². The topological polar surface area (TPSA) is 150 Å². The third-order valence-electron chi connectivity index (χ3n) is 6.56. The number of amides is 3. The van der Waals surface area contributed by atoms with Gasteiger partial charge in [0, 0.05) is 13.1 Å². The predicted octanol–water partition coefficient (Wildman–Crippen LogP) is 3.72. The molecule has 0 radical (unpaired) electrons. The highest BCUT2D eigenvalue weighted by Crippen LogP contribution is 2.31. The number of nitrogen functional groups attached to an aromatic ring is 1. The molecule has 0 spiro atoms. The smallest absolute Gasteiger partial charge is 0.270 e. The maximum atomic E-state index is 14.1. The molecular formula is C30H30FN5O5S. The molecule has 0 saturated carbocycles. The second-order valence-corrected chi connectivity index (χ2v) is 10.0. The van der Waals surface area contributed by atoms with Gasteiger partial charge in [-0.15, -0.1) is 0 Å². The van der Waals surface area contributed by atoms with E-state index >= 15 is 0 Å². The molecule has 42 heavy (non-hydrogen) atoms. The van der Waals surface area contributed by atoms with E-state index in [0.717, 1.165) is 11.1 Å². The standard InChI is InChI=1S/C30H30FN5O5S/c1-40-22-13-8-18(16-23(22)41-2)14-15-36(30(39)27-24(32)25(28(33)37)35-42-27)26(20-9-11-21(31)12-10-20)29(38)34-17-19-6-4-3-5-7-19/h3-13,16,26H,14-15,17,32H2,1-2H3,(H2,33,37)(H,34,38)/t26-/m0/s1. The Hall–Kier alpha value is -4.97. The molecule has 0 bridgehead atoms. The van der Waals surface area contributed by atoms with E-state index in [2.05, 4.69) is 9.69 Å². The summed E-state index contributed by atoms with van der Waals surface area (Å²) in [6.45, 7) is 0.238. The van der Waals surface area contributed by atoms with Gasteiger partial charge in [0.2, 0.25) is 5.91 Å². The number of nitrogens with one attached hydrogen (secondary N) is 1. The second kappa shape index (κ2) is 13.6. The Bertz CT molecular complexity index is 1560. The number of nitrogens with zero attached hydrogens (tertiary/aromatic N) is 2. The van der Waals surface area contributed by atoms with E-state index in [1.807, 2.05) is 36.4 Å². The zero-order chi connectivity index (χ0) is 30.2. The average Bonchev–Trinajstić information content (AvgIpc) is 3.40. The number of primary amides is 1. The molecule has 0 aliphatic carbocycles. The van der Waals surface area contributed by atoms with Crippen LogP contribution in [-0.4, -0.2) is 47.8 Å². The summed E-state index contributed by atoms with van der Waals surface area (Å²) >= 11 is 0.715. The molecule has 10 nitrogen and oxygen atoms in total. The first kappa shape index (κ1) is 30.0. The van der Waals surface area contributed by atoms with E-state index in [9.17, 15) is 18.8 Å². The lowest BCUT2D eigenvalue weighted by atomic mass is 10.0. The molecule has 12 heteroatoms. The molecule has 3 aromatic carbocycles. The minimum absolute atomic E-state index is 0.0400. The molecule has 218 valence electrons. The number of anilines is 1. The summed E-state index contributed by atoms with van der Waals surface area (Å²) in [5, 5.41) is 2.89. The molecule has 0 aliphatic rings. The van der Waals surface area contributed by atoms with Gasteiger partial charge < -0.3 is 31.2 Å². The van der Waals surface area contributed by atoms with Gasteiger partial charge in [0.1, 0.15) is 16.7 Å². The molecule has 1 heterocycles. The fourth-order valence-electron chi connectivity index (χ4n) is 4.39. The summed E-state index contributed by atoms with van der Waals surface area (Å²) in [5.41, 5.74) is 13.1. The maximum Gasteiger partial charge on any atom is 0.270 e. The number of methoxy groups -OCH3 is 2. The summed E-state index contributed by atoms with van der Waals surface area (Å²) < 4.78 is 28.6. The number of hydrogen-bond acceptors (Lipinski definition) is 8. The van der Waals surface area contributed by atoms with E-state index in [-0.39, 0.29) is 29.3 Å². The summed E-state index contributed by atoms with van der Waals surface area (Å²) in [7, 11) is 3.04. The van der Waals surface area contributed by atoms with E-state index in [1.54, 1.807) is 12.1 Å². The third kappa shape index (κ3) is 6.84. The van der Waals surface area contributed by atoms with Crippen molar-refractivity contribution in [2.45, 2.75) is 19.0 Å². The van der Waals surface area contributed by atoms with Crippen LogP contribution in [0.25, 0.3) is 0 Å². The van der Waals surface area contributed by atoms with Gasteiger partial charge >= 0.3 is 0 Å². The monoisotopic (exact) mass is 591 g/mol. The largest absolute Gasteiger partial charge is 0.493 e. The number of hydrogen-bond donors (Lipinski definition) is 3. The molecule has 3 amide bonds. The van der Waals surface area contributed by atoms with E-state index < -0.39 is 29.6 Å². The van der Waals surface area contributed by atoms with Crippen LogP contribution in [0.3, 0.4) is 0 Å². The SMILES string of the molecule is COc1ccc(CCN(C(=O)c2snc(C(N)=O)c2N)[C@H](C(=O)NCc2ccccc2)c2ccc(F)cc2)cc1OC. The van der Waals surface area contributed by atoms with Crippen molar-refractivity contribution < 1.29 is 28.2 Å². The summed E-state index contributed by atoms with van der Waals surface area (Å²) in [4.78, 5) is 41.0. The Kier molecular flexibility index (Phi) is 9.71. The van der Waals surface area contributed by atoms with Crippen LogP contribution in [0.5, 0.6) is 11.5 Å². The van der Waals surface area contributed by atoms with Crippen LogP contribution >= 0.6 is 11.5 Å². The van der Waals surface area contributed by atoms with E-state index in [4.69, 9.17) is 20.9 Å². The van der Waals surface area contributed by atoms with Gasteiger partial charge in [-0.1, -0.05) is 48.5 Å². The molecule has 4 rings (SSSR count). The van der Waals surface area contributed by atoms with E-state index in [1.165, 1.54) is 43.4 Å². The van der Waals surface area contributed by atoms with Crippen molar-refractivity contribution in [3.05, 3.63) is 106 Å². The molecule has 0 fully saturated rings. The van der Waals surface area contributed by atoms with Gasteiger partial charge in [0.05, 0.1) is 19.9 Å². The minimum atomic E-state index is -1.18. The lowest BCUT2D eigenvalue weighted by Gasteiger charge is -2.31. The van der Waals surface area contributed by atoms with Crippen LogP contribution in [0, 0.1) is 5.82 Å². The molecule has 0 aliphatic heterocycles. The van der Waals surface area contributed by atoms with Crippen LogP contribution in [0.4, 0.5) is 10.1 Å². The third-order valence-corrected chi connectivity index (χ3v) is 7.41. The lowest BCUT2D eigenvalue weighted by molar-refractivity contribution is -0.126.